The molecule has 0 aliphatic rings. The Balaban J connectivity index is 3.08. The average Bonchev–Trinajstić information content (AvgIpc) is 2.13. The largest absolute Gasteiger partial charge is 0.476 e. The van der Waals surface area contributed by atoms with Gasteiger partial charge in [-0.2, -0.15) is 0 Å². The molecule has 0 fully saturated rings. The smallest absolute Gasteiger partial charge is 0.363 e. The van der Waals surface area contributed by atoms with E-state index in [2.05, 4.69) is 4.42 Å². The van der Waals surface area contributed by atoms with Crippen molar-refractivity contribution in [2.24, 2.45) is 0 Å². The predicted octanol–water partition coefficient (Wildman–Crippen LogP) is 0.893. The second kappa shape index (κ2) is 1.77. The van der Waals surface area contributed by atoms with E-state index in [1.54, 1.807) is 0 Å². The van der Waals surface area contributed by atoms with Gasteiger partial charge in [0.25, 0.3) is 0 Å². The molecule has 1 heterocycles. The molecule has 0 unspecified atom stereocenters. The van der Waals surface area contributed by atoms with E-state index in [0.29, 0.717) is 0 Å². The summed E-state index contributed by atoms with van der Waals surface area (Å²) in [5.74, 6) is -0.653. The Bertz CT molecular complexity index is 228. The van der Waals surface area contributed by atoms with E-state index in [9.17, 15) is 10.1 Å². The van der Waals surface area contributed by atoms with Crippen molar-refractivity contribution in [3.05, 3.63) is 22.4 Å². The minimum atomic E-state index is -0.723. The van der Waals surface area contributed by atoms with Gasteiger partial charge in [0, 0.05) is 0 Å². The van der Waals surface area contributed by atoms with Crippen LogP contribution in [0.5, 0.6) is 5.95 Å². The summed E-state index contributed by atoms with van der Waals surface area (Å²) >= 11 is 0. The highest BCUT2D eigenvalue weighted by Crippen LogP contribution is 2.25. The van der Waals surface area contributed by atoms with Crippen molar-refractivity contribution < 1.29 is 14.4 Å². The normalized spacial score (nSPS) is 9.33. The first kappa shape index (κ1) is 5.61. The van der Waals surface area contributed by atoms with E-state index >= 15 is 0 Å². The maximum atomic E-state index is 9.87. The molecule has 5 heteroatoms. The number of hydrogen-bond acceptors (Lipinski definition) is 4. The summed E-state index contributed by atoms with van der Waals surface area (Å²) in [6, 6.07) is 1.08. The van der Waals surface area contributed by atoms with Crippen LogP contribution >= 0.6 is 0 Å². The van der Waals surface area contributed by atoms with Crippen LogP contribution in [0.3, 0.4) is 0 Å². The second-order valence-electron chi connectivity index (χ2n) is 1.37. The van der Waals surface area contributed by atoms with Gasteiger partial charge in [-0.1, -0.05) is 0 Å². The highest BCUT2D eigenvalue weighted by molar-refractivity contribution is 5.36. The molecule has 0 amide bonds. The number of furan rings is 1. The van der Waals surface area contributed by atoms with Crippen LogP contribution in [0.1, 0.15) is 0 Å². The summed E-state index contributed by atoms with van der Waals surface area (Å²) in [6.07, 6.45) is 1.05. The zero-order valence-corrected chi connectivity index (χ0v) is 4.27. The van der Waals surface area contributed by atoms with Crippen LogP contribution in [-0.4, -0.2) is 10.0 Å². The van der Waals surface area contributed by atoms with Gasteiger partial charge in [-0.3, -0.25) is 10.1 Å². The Hall–Kier alpha value is -1.52. The molecular weight excluding hydrogens is 126 g/mol. The van der Waals surface area contributed by atoms with Crippen molar-refractivity contribution in [3.63, 3.8) is 0 Å². The summed E-state index contributed by atoms with van der Waals surface area (Å²) < 4.78 is 4.24. The quantitative estimate of drug-likeness (QED) is 0.451. The average molecular weight is 129 g/mol. The van der Waals surface area contributed by atoms with Gasteiger partial charge in [-0.25, -0.2) is 0 Å². The second-order valence-corrected chi connectivity index (χ2v) is 1.37. The number of nitro groups is 1. The third-order valence-electron chi connectivity index (χ3n) is 0.821. The van der Waals surface area contributed by atoms with E-state index in [-0.39, 0.29) is 0 Å². The first-order chi connectivity index (χ1) is 4.22. The lowest BCUT2D eigenvalue weighted by Gasteiger charge is -1.81. The molecule has 1 aromatic heterocycles. The van der Waals surface area contributed by atoms with Crippen LogP contribution in [-0.2, 0) is 0 Å². The maximum Gasteiger partial charge on any atom is 0.363 e. The summed E-state index contributed by atoms with van der Waals surface area (Å²) in [7, 11) is 0. The van der Waals surface area contributed by atoms with E-state index < -0.39 is 16.6 Å². The highest BCUT2D eigenvalue weighted by Gasteiger charge is 2.14. The molecule has 0 atom stereocenters. The Kier molecular flexibility index (Phi) is 1.11. The van der Waals surface area contributed by atoms with Gasteiger partial charge >= 0.3 is 11.6 Å². The van der Waals surface area contributed by atoms with E-state index in [1.807, 2.05) is 0 Å². The van der Waals surface area contributed by atoms with Crippen molar-refractivity contribution in [1.82, 2.24) is 0 Å². The standard InChI is InChI=1S/C4H3NO4/c6-4-3(5(7)8)1-2-9-4/h1-2,6H. The molecule has 48 valence electrons. The molecule has 0 radical (unpaired) electrons. The summed E-state index contributed by atoms with van der Waals surface area (Å²) in [5, 5.41) is 18.4. The third kappa shape index (κ3) is 0.835. The first-order valence-electron chi connectivity index (χ1n) is 2.12. The van der Waals surface area contributed by atoms with Gasteiger partial charge in [-0.15, -0.1) is 0 Å². The number of hydrogen-bond donors (Lipinski definition) is 1. The fraction of sp³-hybridized carbons (Fsp3) is 0. The molecule has 0 saturated heterocycles. The molecule has 5 nitrogen and oxygen atoms in total. The van der Waals surface area contributed by atoms with Gasteiger partial charge in [0.1, 0.15) is 6.26 Å². The van der Waals surface area contributed by atoms with Gasteiger partial charge in [0.15, 0.2) is 0 Å². The third-order valence-corrected chi connectivity index (χ3v) is 0.821. The molecule has 0 spiro atoms. The van der Waals surface area contributed by atoms with Crippen LogP contribution in [0.4, 0.5) is 5.69 Å². The molecule has 0 aliphatic heterocycles. The summed E-state index contributed by atoms with van der Waals surface area (Å²) in [6.45, 7) is 0. The Morgan fingerprint density at radius 1 is 1.78 bits per heavy atom. The minimum absolute atomic E-state index is 0.407. The monoisotopic (exact) mass is 129 g/mol. The zero-order chi connectivity index (χ0) is 6.85. The van der Waals surface area contributed by atoms with Crippen molar-refractivity contribution in [2.45, 2.75) is 0 Å². The molecule has 0 aromatic carbocycles. The number of aromatic hydroxyl groups is 1. The fourth-order valence-corrected chi connectivity index (χ4v) is 0.434. The number of rotatable bonds is 1. The lowest BCUT2D eigenvalue weighted by Crippen LogP contribution is -1.83. The molecule has 0 saturated carbocycles. The van der Waals surface area contributed by atoms with Crippen molar-refractivity contribution in [2.75, 3.05) is 0 Å². The van der Waals surface area contributed by atoms with E-state index in [1.165, 1.54) is 0 Å². The van der Waals surface area contributed by atoms with Crippen molar-refractivity contribution >= 4 is 5.69 Å². The van der Waals surface area contributed by atoms with Gasteiger partial charge in [0.2, 0.25) is 0 Å². The molecule has 0 aliphatic carbocycles. The molecule has 1 rings (SSSR count). The maximum absolute atomic E-state index is 9.87. The fourth-order valence-electron chi connectivity index (χ4n) is 0.434. The van der Waals surface area contributed by atoms with Crippen LogP contribution in [0, 0.1) is 10.1 Å². The van der Waals surface area contributed by atoms with Crippen LogP contribution in [0.25, 0.3) is 0 Å². The SMILES string of the molecule is O=[N+]([O-])c1ccoc1O. The molecule has 1 aromatic rings. The molecular formula is C4H3NO4. The van der Waals surface area contributed by atoms with Crippen molar-refractivity contribution in [3.8, 4) is 5.95 Å². The van der Waals surface area contributed by atoms with Gasteiger partial charge in [-0.05, 0) is 0 Å². The predicted molar refractivity (Wildman–Crippen MR) is 27.0 cm³/mol. The molecule has 1 N–H and O–H groups in total. The summed E-state index contributed by atoms with van der Waals surface area (Å²) in [4.78, 5) is 9.15. The van der Waals surface area contributed by atoms with Gasteiger partial charge < -0.3 is 9.52 Å². The first-order valence-corrected chi connectivity index (χ1v) is 2.12. The lowest BCUT2D eigenvalue weighted by molar-refractivity contribution is -0.386. The Morgan fingerprint density at radius 3 is 2.67 bits per heavy atom. The van der Waals surface area contributed by atoms with E-state index in [0.717, 1.165) is 12.3 Å². The molecule has 9 heavy (non-hydrogen) atoms. The topological polar surface area (TPSA) is 76.5 Å². The van der Waals surface area contributed by atoms with Crippen molar-refractivity contribution in [1.29, 1.82) is 0 Å². The Labute approximate surface area is 49.7 Å². The zero-order valence-electron chi connectivity index (χ0n) is 4.27. The minimum Gasteiger partial charge on any atom is -0.476 e. The van der Waals surface area contributed by atoms with Crippen LogP contribution in [0.15, 0.2) is 16.7 Å². The lowest BCUT2D eigenvalue weighted by atomic mass is 10.5. The van der Waals surface area contributed by atoms with Crippen LogP contribution in [0.2, 0.25) is 0 Å². The van der Waals surface area contributed by atoms with Gasteiger partial charge in [0.05, 0.1) is 11.0 Å². The molecule has 0 bridgehead atoms. The van der Waals surface area contributed by atoms with Crippen LogP contribution < -0.4 is 0 Å². The summed E-state index contributed by atoms with van der Waals surface area (Å²) in [5.41, 5.74) is -0.407. The van der Waals surface area contributed by atoms with E-state index in [4.69, 9.17) is 5.11 Å². The number of nitrogens with zero attached hydrogens (tertiary/aromatic N) is 1. The highest BCUT2D eigenvalue weighted by atomic mass is 16.6. The Morgan fingerprint density at radius 2 is 2.44 bits per heavy atom.